The first-order valence-electron chi connectivity index (χ1n) is 8.75. The predicted molar refractivity (Wildman–Crippen MR) is 101 cm³/mol. The Labute approximate surface area is 162 Å². The average Bonchev–Trinajstić information content (AvgIpc) is 2.83. The number of diazo groups is 1. The van der Waals surface area contributed by atoms with Crippen LogP contribution in [0.1, 0.15) is 30.5 Å². The Kier molecular flexibility index (Phi) is 5.27. The molecule has 1 N–H and O–H groups in total. The lowest BCUT2D eigenvalue weighted by Gasteiger charge is -2.20. The molecule has 0 bridgehead atoms. The third kappa shape index (κ3) is 3.05. The molecule has 0 saturated heterocycles. The van der Waals surface area contributed by atoms with Gasteiger partial charge < -0.3 is 24.6 Å². The maximum atomic E-state index is 12.3. The van der Waals surface area contributed by atoms with Crippen molar-refractivity contribution in [2.75, 3.05) is 21.3 Å². The average molecular weight is 383 g/mol. The van der Waals surface area contributed by atoms with Gasteiger partial charge in [-0.2, -0.15) is 0 Å². The van der Waals surface area contributed by atoms with Crippen molar-refractivity contribution in [3.05, 3.63) is 34.3 Å². The Morgan fingerprint density at radius 2 is 1.93 bits per heavy atom. The second-order valence-corrected chi connectivity index (χ2v) is 6.44. The monoisotopic (exact) mass is 383 g/mol. The van der Waals surface area contributed by atoms with Gasteiger partial charge in [0.1, 0.15) is 0 Å². The van der Waals surface area contributed by atoms with Gasteiger partial charge in [-0.15, -0.1) is 0 Å². The molecular formula is C20H21N3O5. The lowest BCUT2D eigenvalue weighted by Crippen LogP contribution is -2.26. The molecule has 1 aliphatic rings. The molecule has 146 valence electrons. The number of carbonyl (C=O) groups is 1. The third-order valence-electron chi connectivity index (χ3n) is 4.89. The Morgan fingerprint density at radius 1 is 1.21 bits per heavy atom. The second-order valence-electron chi connectivity index (χ2n) is 6.44. The van der Waals surface area contributed by atoms with E-state index in [9.17, 15) is 15.3 Å². The van der Waals surface area contributed by atoms with Crippen LogP contribution in [-0.4, -0.2) is 27.2 Å². The van der Waals surface area contributed by atoms with Gasteiger partial charge in [0.15, 0.2) is 16.5 Å². The van der Waals surface area contributed by atoms with E-state index in [4.69, 9.17) is 14.2 Å². The minimum Gasteiger partial charge on any atom is -0.867 e. The maximum absolute atomic E-state index is 12.3. The van der Waals surface area contributed by atoms with Crippen molar-refractivity contribution >= 4 is 11.6 Å². The highest BCUT2D eigenvalue weighted by Crippen LogP contribution is 2.52. The largest absolute Gasteiger partial charge is 0.867 e. The van der Waals surface area contributed by atoms with E-state index in [0.29, 0.717) is 46.8 Å². The quantitative estimate of drug-likeness (QED) is 0.813. The molecule has 2 aromatic carbocycles. The summed E-state index contributed by atoms with van der Waals surface area (Å²) in [6, 6.07) is 4.35. The van der Waals surface area contributed by atoms with Crippen LogP contribution < -0.4 is 24.6 Å². The normalized spacial score (nSPS) is 14.8. The SMILES string of the molecule is COc1cc2c(c(OC)c1OC)-c1ccc([O-])c([N+]#N)c1C(NC(C)=O)CC2. The van der Waals surface area contributed by atoms with Crippen molar-refractivity contribution in [2.24, 2.45) is 0 Å². The molecule has 1 amide bonds. The predicted octanol–water partition coefficient (Wildman–Crippen LogP) is 3.06. The third-order valence-corrected chi connectivity index (χ3v) is 4.89. The Bertz CT molecular complexity index is 981. The van der Waals surface area contributed by atoms with Crippen molar-refractivity contribution < 1.29 is 24.1 Å². The number of carbonyl (C=O) groups excluding carboxylic acids is 1. The number of amides is 1. The van der Waals surface area contributed by atoms with Gasteiger partial charge >= 0.3 is 5.69 Å². The van der Waals surface area contributed by atoms with Gasteiger partial charge in [0.2, 0.25) is 17.0 Å². The summed E-state index contributed by atoms with van der Waals surface area (Å²) in [7, 11) is 4.58. The Balaban J connectivity index is 2.41. The van der Waals surface area contributed by atoms with Crippen molar-refractivity contribution in [1.29, 1.82) is 5.39 Å². The first-order chi connectivity index (χ1) is 13.5. The van der Waals surface area contributed by atoms with Crippen molar-refractivity contribution in [3.63, 3.8) is 0 Å². The highest BCUT2D eigenvalue weighted by molar-refractivity contribution is 5.87. The number of methoxy groups -OCH3 is 3. The molecule has 1 atom stereocenters. The number of ether oxygens (including phenoxy) is 3. The topological polar surface area (TPSA) is 108 Å². The van der Waals surface area contributed by atoms with Crippen LogP contribution in [0.5, 0.6) is 23.0 Å². The van der Waals surface area contributed by atoms with Crippen LogP contribution in [0.15, 0.2) is 18.2 Å². The van der Waals surface area contributed by atoms with E-state index in [1.54, 1.807) is 13.2 Å². The summed E-state index contributed by atoms with van der Waals surface area (Å²) in [5, 5.41) is 24.7. The number of benzene rings is 2. The number of nitrogens with zero attached hydrogens (tertiary/aromatic N) is 2. The first-order valence-corrected chi connectivity index (χ1v) is 8.75. The van der Waals surface area contributed by atoms with Crippen LogP contribution in [-0.2, 0) is 11.2 Å². The smallest absolute Gasteiger partial charge is 0.383 e. The van der Waals surface area contributed by atoms with Gasteiger partial charge in [-0.1, -0.05) is 12.1 Å². The molecule has 1 unspecified atom stereocenters. The summed E-state index contributed by atoms with van der Waals surface area (Å²) in [4.78, 5) is 15.0. The van der Waals surface area contributed by atoms with E-state index in [0.717, 1.165) is 5.56 Å². The fourth-order valence-corrected chi connectivity index (χ4v) is 3.80. The Hall–Kier alpha value is -3.47. The molecule has 0 spiro atoms. The molecule has 0 saturated carbocycles. The van der Waals surface area contributed by atoms with Crippen LogP contribution in [0, 0.1) is 5.39 Å². The molecule has 3 rings (SSSR count). The van der Waals surface area contributed by atoms with Gasteiger partial charge in [0.05, 0.1) is 32.9 Å². The molecular weight excluding hydrogens is 362 g/mol. The van der Waals surface area contributed by atoms with Gasteiger partial charge in [0.25, 0.3) is 0 Å². The molecule has 0 heterocycles. The molecule has 0 aromatic heterocycles. The van der Waals surface area contributed by atoms with Crippen LogP contribution in [0.2, 0.25) is 0 Å². The molecule has 2 aromatic rings. The second kappa shape index (κ2) is 7.64. The van der Waals surface area contributed by atoms with Gasteiger partial charge in [-0.25, -0.2) is 0 Å². The molecule has 1 aliphatic carbocycles. The number of hydrogen-bond acceptors (Lipinski definition) is 6. The van der Waals surface area contributed by atoms with E-state index in [1.165, 1.54) is 27.2 Å². The van der Waals surface area contributed by atoms with Crippen LogP contribution in [0.3, 0.4) is 0 Å². The fraction of sp³-hybridized carbons (Fsp3) is 0.350. The van der Waals surface area contributed by atoms with Crippen LogP contribution in [0.25, 0.3) is 16.1 Å². The summed E-state index contributed by atoms with van der Waals surface area (Å²) >= 11 is 0. The van der Waals surface area contributed by atoms with Crippen molar-refractivity contribution in [3.8, 4) is 34.1 Å². The van der Waals surface area contributed by atoms with Gasteiger partial charge in [0, 0.05) is 12.5 Å². The molecule has 8 heteroatoms. The van der Waals surface area contributed by atoms with E-state index in [2.05, 4.69) is 10.3 Å². The van der Waals surface area contributed by atoms with Crippen LogP contribution >= 0.6 is 0 Å². The molecule has 0 radical (unpaired) electrons. The summed E-state index contributed by atoms with van der Waals surface area (Å²) in [5.74, 6) is 0.708. The molecule has 0 fully saturated rings. The van der Waals surface area contributed by atoms with Crippen molar-refractivity contribution in [1.82, 2.24) is 5.32 Å². The summed E-state index contributed by atoms with van der Waals surface area (Å²) in [6.45, 7) is 1.40. The highest BCUT2D eigenvalue weighted by atomic mass is 16.5. The number of fused-ring (bicyclic) bond motifs is 3. The minimum absolute atomic E-state index is 0.0964. The summed E-state index contributed by atoms with van der Waals surface area (Å²) < 4.78 is 16.6. The molecule has 8 nitrogen and oxygen atoms in total. The van der Waals surface area contributed by atoms with Gasteiger partial charge in [-0.3, -0.25) is 4.79 Å². The standard InChI is InChI=1S/C20H21N3O5/c1-10(24)22-13-7-5-11-9-15(26-2)19(27-3)20(28-4)16(11)12-6-8-14(25)18(23-21)17(12)13/h6,8-9,13H,5,7H2,1-4H3,(H-,22,24,25). The number of aryl methyl sites for hydroxylation is 1. The lowest BCUT2D eigenvalue weighted by molar-refractivity contribution is -0.267. The Morgan fingerprint density at radius 3 is 2.50 bits per heavy atom. The fourth-order valence-electron chi connectivity index (χ4n) is 3.80. The number of hydrogen-bond donors (Lipinski definition) is 1. The summed E-state index contributed by atoms with van der Waals surface area (Å²) in [5.41, 5.74) is 2.62. The van der Waals surface area contributed by atoms with E-state index < -0.39 is 11.8 Å². The van der Waals surface area contributed by atoms with E-state index in [-0.39, 0.29) is 11.6 Å². The van der Waals surface area contributed by atoms with Gasteiger partial charge in [-0.05, 0) is 35.8 Å². The zero-order chi connectivity index (χ0) is 20.4. The first kappa shape index (κ1) is 19.3. The number of rotatable bonds is 4. The zero-order valence-electron chi connectivity index (χ0n) is 16.2. The lowest BCUT2D eigenvalue weighted by atomic mass is 9.92. The molecule has 0 aliphatic heterocycles. The maximum Gasteiger partial charge on any atom is 0.383 e. The van der Waals surface area contributed by atoms with E-state index in [1.807, 2.05) is 6.07 Å². The highest BCUT2D eigenvalue weighted by Gasteiger charge is 2.34. The van der Waals surface area contributed by atoms with Crippen molar-refractivity contribution in [2.45, 2.75) is 25.8 Å². The summed E-state index contributed by atoms with van der Waals surface area (Å²) in [6.07, 6.45) is 1.08. The molecule has 28 heavy (non-hydrogen) atoms. The van der Waals surface area contributed by atoms with Crippen LogP contribution in [0.4, 0.5) is 5.69 Å². The number of nitrogens with one attached hydrogen (secondary N) is 1. The zero-order valence-corrected chi connectivity index (χ0v) is 16.2. The van der Waals surface area contributed by atoms with E-state index >= 15 is 0 Å². The minimum atomic E-state index is -0.499.